The number of methoxy groups -OCH3 is 1. The van der Waals surface area contributed by atoms with Crippen molar-refractivity contribution in [3.63, 3.8) is 0 Å². The number of rotatable bonds is 4. The molecule has 3 aromatic rings. The molecule has 6 heteroatoms. The monoisotopic (exact) mass is 342 g/mol. The van der Waals surface area contributed by atoms with Gasteiger partial charge in [0.1, 0.15) is 6.17 Å². The fraction of sp³-hybridized carbons (Fsp3) is 0.158. The van der Waals surface area contributed by atoms with Gasteiger partial charge in [-0.15, -0.1) is 0 Å². The van der Waals surface area contributed by atoms with Crippen LogP contribution in [-0.2, 0) is 0 Å². The minimum atomic E-state index is -2.94. The molecule has 4 nitrogen and oxygen atoms in total. The van der Waals surface area contributed by atoms with E-state index in [1.165, 1.54) is 7.11 Å². The molecule has 1 heterocycles. The average molecular weight is 342 g/mol. The summed E-state index contributed by atoms with van der Waals surface area (Å²) in [5.41, 5.74) is 2.41. The normalized spacial score (nSPS) is 13.4. The zero-order chi connectivity index (χ0) is 17.4. The van der Waals surface area contributed by atoms with E-state index in [0.29, 0.717) is 5.56 Å². The van der Waals surface area contributed by atoms with Crippen molar-refractivity contribution in [3.8, 4) is 11.5 Å². The number of benzene rings is 3. The highest BCUT2D eigenvalue weighted by Crippen LogP contribution is 2.42. The summed E-state index contributed by atoms with van der Waals surface area (Å²) in [7, 11) is 1.43. The molecule has 25 heavy (non-hydrogen) atoms. The van der Waals surface area contributed by atoms with Crippen LogP contribution in [-0.4, -0.2) is 13.7 Å². The summed E-state index contributed by atoms with van der Waals surface area (Å²) in [5.74, 6) is 0.287. The summed E-state index contributed by atoms with van der Waals surface area (Å²) >= 11 is 0. The number of hydrogen-bond donors (Lipinski definition) is 2. The molecule has 0 bridgehead atoms. The van der Waals surface area contributed by atoms with Crippen molar-refractivity contribution in [1.82, 2.24) is 0 Å². The van der Waals surface area contributed by atoms with Crippen LogP contribution in [0, 0.1) is 0 Å². The topological polar surface area (TPSA) is 42.5 Å². The van der Waals surface area contributed by atoms with Crippen LogP contribution in [0.3, 0.4) is 0 Å². The Morgan fingerprint density at radius 1 is 0.920 bits per heavy atom. The molecular weight excluding hydrogens is 326 g/mol. The Morgan fingerprint density at radius 2 is 1.56 bits per heavy atom. The second kappa shape index (κ2) is 6.12. The molecule has 3 aromatic carbocycles. The molecule has 0 saturated heterocycles. The van der Waals surface area contributed by atoms with Gasteiger partial charge >= 0.3 is 6.61 Å². The van der Waals surface area contributed by atoms with Crippen molar-refractivity contribution in [3.05, 3.63) is 60.2 Å². The Labute approximate surface area is 143 Å². The van der Waals surface area contributed by atoms with E-state index >= 15 is 0 Å². The van der Waals surface area contributed by atoms with Gasteiger partial charge in [0, 0.05) is 22.3 Å². The van der Waals surface area contributed by atoms with E-state index in [2.05, 4.69) is 10.6 Å². The number of para-hydroxylation sites is 1. The second-order valence-corrected chi connectivity index (χ2v) is 5.69. The molecule has 128 valence electrons. The van der Waals surface area contributed by atoms with Gasteiger partial charge in [0.2, 0.25) is 0 Å². The van der Waals surface area contributed by atoms with Crippen molar-refractivity contribution >= 4 is 22.1 Å². The Hall–Kier alpha value is -3.02. The van der Waals surface area contributed by atoms with Gasteiger partial charge in [-0.2, -0.15) is 8.78 Å². The van der Waals surface area contributed by atoms with Gasteiger partial charge in [-0.3, -0.25) is 0 Å². The molecule has 0 atom stereocenters. The third-order valence-corrected chi connectivity index (χ3v) is 4.25. The van der Waals surface area contributed by atoms with Crippen molar-refractivity contribution < 1.29 is 18.3 Å². The van der Waals surface area contributed by atoms with Gasteiger partial charge in [-0.25, -0.2) is 0 Å². The lowest BCUT2D eigenvalue weighted by atomic mass is 10.0. The molecule has 1 aliphatic rings. The van der Waals surface area contributed by atoms with Crippen molar-refractivity contribution in [2.24, 2.45) is 0 Å². The standard InChI is InChI=1S/C19H16F2N2O2/c1-24-15-10-4-7-12(17(15)25-19(20)21)18-22-13-8-2-5-11-6-3-9-14(23-18)16(11)13/h2-10,18-19,22-23H,1H3. The predicted molar refractivity (Wildman–Crippen MR) is 93.6 cm³/mol. The van der Waals surface area contributed by atoms with Crippen molar-refractivity contribution in [1.29, 1.82) is 0 Å². The third kappa shape index (κ3) is 2.69. The maximum absolute atomic E-state index is 12.9. The minimum absolute atomic E-state index is 0.0246. The number of hydrogen-bond acceptors (Lipinski definition) is 4. The van der Waals surface area contributed by atoms with E-state index in [0.717, 1.165) is 22.1 Å². The molecule has 0 spiro atoms. The van der Waals surface area contributed by atoms with E-state index in [-0.39, 0.29) is 11.5 Å². The third-order valence-electron chi connectivity index (χ3n) is 4.25. The van der Waals surface area contributed by atoms with Gasteiger partial charge in [0.15, 0.2) is 11.5 Å². The van der Waals surface area contributed by atoms with E-state index in [4.69, 9.17) is 9.47 Å². The molecule has 2 N–H and O–H groups in total. The quantitative estimate of drug-likeness (QED) is 0.701. The van der Waals surface area contributed by atoms with Gasteiger partial charge in [-0.05, 0) is 23.6 Å². The summed E-state index contributed by atoms with van der Waals surface area (Å²) in [5, 5.41) is 8.87. The number of anilines is 2. The lowest BCUT2D eigenvalue weighted by molar-refractivity contribution is -0.0519. The summed E-state index contributed by atoms with van der Waals surface area (Å²) in [6, 6.07) is 17.0. The summed E-state index contributed by atoms with van der Waals surface area (Å²) in [6.45, 7) is -2.94. The number of halogens is 2. The maximum atomic E-state index is 12.9. The molecule has 0 aromatic heterocycles. The van der Waals surface area contributed by atoms with Crippen molar-refractivity contribution in [2.45, 2.75) is 12.8 Å². The molecule has 0 fully saturated rings. The zero-order valence-electron chi connectivity index (χ0n) is 13.4. The maximum Gasteiger partial charge on any atom is 0.387 e. The Morgan fingerprint density at radius 3 is 2.16 bits per heavy atom. The van der Waals surface area contributed by atoms with Crippen molar-refractivity contribution in [2.75, 3.05) is 17.7 Å². The molecule has 0 unspecified atom stereocenters. The smallest absolute Gasteiger partial charge is 0.387 e. The summed E-state index contributed by atoms with van der Waals surface area (Å²) < 4.78 is 35.7. The highest BCUT2D eigenvalue weighted by Gasteiger charge is 2.26. The fourth-order valence-electron chi connectivity index (χ4n) is 3.22. The summed E-state index contributed by atoms with van der Waals surface area (Å²) in [6.07, 6.45) is -0.427. The highest BCUT2D eigenvalue weighted by atomic mass is 19.3. The second-order valence-electron chi connectivity index (χ2n) is 5.69. The van der Waals surface area contributed by atoms with E-state index in [1.54, 1.807) is 18.2 Å². The SMILES string of the molecule is COc1cccc(C2Nc3cccc4cccc(c34)N2)c1OC(F)F. The first kappa shape index (κ1) is 15.5. The van der Waals surface area contributed by atoms with Crippen LogP contribution >= 0.6 is 0 Å². The zero-order valence-corrected chi connectivity index (χ0v) is 13.4. The first-order valence-electron chi connectivity index (χ1n) is 7.84. The number of alkyl halides is 2. The Kier molecular flexibility index (Phi) is 3.80. The molecule has 1 aliphatic heterocycles. The van der Waals surface area contributed by atoms with Crippen LogP contribution in [0.2, 0.25) is 0 Å². The largest absolute Gasteiger partial charge is 0.493 e. The van der Waals surface area contributed by atoms with E-state index in [1.807, 2.05) is 36.4 Å². The Balaban J connectivity index is 1.80. The first-order valence-corrected chi connectivity index (χ1v) is 7.84. The molecular formula is C19H16F2N2O2. The first-order chi connectivity index (χ1) is 12.2. The average Bonchev–Trinajstić information content (AvgIpc) is 2.62. The van der Waals surface area contributed by atoms with Gasteiger partial charge in [0.05, 0.1) is 7.11 Å². The number of ether oxygens (including phenoxy) is 2. The van der Waals surface area contributed by atoms with Crippen LogP contribution < -0.4 is 20.1 Å². The van der Waals surface area contributed by atoms with Crippen LogP contribution in [0.15, 0.2) is 54.6 Å². The Bertz CT molecular complexity index is 890. The van der Waals surface area contributed by atoms with Gasteiger partial charge < -0.3 is 20.1 Å². The van der Waals surface area contributed by atoms with Gasteiger partial charge in [-0.1, -0.05) is 36.4 Å². The van der Waals surface area contributed by atoms with Crippen LogP contribution in [0.4, 0.5) is 20.2 Å². The molecule has 0 amide bonds. The van der Waals surface area contributed by atoms with Crippen LogP contribution in [0.5, 0.6) is 11.5 Å². The van der Waals surface area contributed by atoms with E-state index in [9.17, 15) is 8.78 Å². The lowest BCUT2D eigenvalue weighted by Crippen LogP contribution is -2.24. The van der Waals surface area contributed by atoms with E-state index < -0.39 is 12.8 Å². The molecule has 0 aliphatic carbocycles. The minimum Gasteiger partial charge on any atom is -0.493 e. The highest BCUT2D eigenvalue weighted by molar-refractivity contribution is 6.04. The number of nitrogens with one attached hydrogen (secondary N) is 2. The van der Waals surface area contributed by atoms with Crippen LogP contribution in [0.25, 0.3) is 10.8 Å². The molecule has 0 radical (unpaired) electrons. The summed E-state index contributed by atoms with van der Waals surface area (Å²) in [4.78, 5) is 0. The molecule has 0 saturated carbocycles. The molecule has 4 rings (SSSR count). The van der Waals surface area contributed by atoms with Gasteiger partial charge in [0.25, 0.3) is 0 Å². The lowest BCUT2D eigenvalue weighted by Gasteiger charge is -2.31. The fourth-order valence-corrected chi connectivity index (χ4v) is 3.22. The predicted octanol–water partition coefficient (Wildman–Crippen LogP) is 4.99. The van der Waals surface area contributed by atoms with Crippen LogP contribution in [0.1, 0.15) is 11.7 Å².